The molecule has 2 aliphatic rings. The van der Waals surface area contributed by atoms with Crippen molar-refractivity contribution < 1.29 is 8.91 Å². The smallest absolute Gasteiger partial charge is 0.280 e. The van der Waals surface area contributed by atoms with E-state index < -0.39 is 0 Å². The van der Waals surface area contributed by atoms with Gasteiger partial charge in [0.25, 0.3) is 5.56 Å². The molecule has 4 heterocycles. The average Bonchev–Trinajstić information content (AvgIpc) is 3.16. The number of aryl methyl sites for hydroxylation is 1. The molecule has 2 unspecified atom stereocenters. The molecule has 1 saturated carbocycles. The zero-order valence-electron chi connectivity index (χ0n) is 16.4. The molecule has 1 saturated heterocycles. The molecule has 9 nitrogen and oxygen atoms in total. The van der Waals surface area contributed by atoms with E-state index in [9.17, 15) is 9.18 Å². The minimum Gasteiger partial charge on any atom is -0.369 e. The second kappa shape index (κ2) is 6.61. The van der Waals surface area contributed by atoms with Crippen LogP contribution in [0.1, 0.15) is 17.6 Å². The van der Waals surface area contributed by atoms with E-state index in [0.29, 0.717) is 45.4 Å². The largest absolute Gasteiger partial charge is 0.369 e. The van der Waals surface area contributed by atoms with Gasteiger partial charge in [0.1, 0.15) is 18.7 Å². The predicted octanol–water partition coefficient (Wildman–Crippen LogP) is 2.20. The van der Waals surface area contributed by atoms with Crippen molar-refractivity contribution >= 4 is 28.5 Å². The highest BCUT2D eigenvalue weighted by atomic mass is 35.5. The summed E-state index contributed by atoms with van der Waals surface area (Å²) in [5, 5.41) is 4.52. The molecule has 11 heteroatoms. The third-order valence-corrected chi connectivity index (χ3v) is 6.47. The summed E-state index contributed by atoms with van der Waals surface area (Å²) in [4.78, 5) is 27.5. The molecular formula is C20H17ClFN7O2. The molecule has 1 aliphatic heterocycles. The summed E-state index contributed by atoms with van der Waals surface area (Å²) in [5.74, 6) is 1.59. The zero-order chi connectivity index (χ0) is 21.3. The van der Waals surface area contributed by atoms with E-state index in [1.807, 2.05) is 4.90 Å². The molecule has 3 atom stereocenters. The quantitative estimate of drug-likeness (QED) is 0.479. The Morgan fingerprint density at radius 1 is 1.23 bits per heavy atom. The van der Waals surface area contributed by atoms with Crippen LogP contribution in [0.3, 0.4) is 0 Å². The Balaban J connectivity index is 1.17. The van der Waals surface area contributed by atoms with Gasteiger partial charge in [-0.15, -0.1) is 0 Å². The van der Waals surface area contributed by atoms with Crippen LogP contribution in [0.4, 0.5) is 10.1 Å². The SMILES string of the molecule is Cn1cnc2ncn(Cc3nc(C4C5CN(c6ccc(Cl)cc6F)C[C@@H]54)no3)c(=O)c21. The van der Waals surface area contributed by atoms with Crippen molar-refractivity contribution in [3.63, 3.8) is 0 Å². The van der Waals surface area contributed by atoms with Crippen LogP contribution in [0.5, 0.6) is 0 Å². The first kappa shape index (κ1) is 18.5. The summed E-state index contributed by atoms with van der Waals surface area (Å²) < 4.78 is 22.7. The van der Waals surface area contributed by atoms with Crippen molar-refractivity contribution in [3.8, 4) is 0 Å². The van der Waals surface area contributed by atoms with Crippen LogP contribution in [0.15, 0.2) is 40.2 Å². The molecule has 0 spiro atoms. The molecule has 0 bridgehead atoms. The third kappa shape index (κ3) is 2.93. The van der Waals surface area contributed by atoms with Crippen molar-refractivity contribution in [2.75, 3.05) is 18.0 Å². The van der Waals surface area contributed by atoms with Gasteiger partial charge >= 0.3 is 0 Å². The number of benzene rings is 1. The van der Waals surface area contributed by atoms with E-state index >= 15 is 0 Å². The summed E-state index contributed by atoms with van der Waals surface area (Å²) in [6, 6.07) is 4.75. The normalized spacial score (nSPS) is 22.3. The highest BCUT2D eigenvalue weighted by Crippen LogP contribution is 2.58. The van der Waals surface area contributed by atoms with Crippen molar-refractivity contribution in [1.82, 2.24) is 29.2 Å². The lowest BCUT2D eigenvalue weighted by Gasteiger charge is -2.22. The summed E-state index contributed by atoms with van der Waals surface area (Å²) in [5.41, 5.74) is 1.19. The number of hydrogen-bond acceptors (Lipinski definition) is 7. The van der Waals surface area contributed by atoms with E-state index in [2.05, 4.69) is 20.1 Å². The molecule has 3 aromatic heterocycles. The van der Waals surface area contributed by atoms with Crippen LogP contribution in [0.2, 0.25) is 5.02 Å². The standard InChI is InChI=1S/C20H17ClFN7O2/c1-27-8-23-19-17(27)20(30)29(9-24-19)7-15-25-18(26-31-15)16-11-5-28(6-12(11)16)14-3-2-10(21)4-13(14)22/h2-4,8-9,11-12,16H,5-7H2,1H3/t11-,12?,16?/m0/s1. The van der Waals surface area contributed by atoms with Crippen LogP contribution in [-0.2, 0) is 13.6 Å². The van der Waals surface area contributed by atoms with E-state index in [-0.39, 0.29) is 23.8 Å². The van der Waals surface area contributed by atoms with E-state index in [1.54, 1.807) is 30.1 Å². The molecule has 31 heavy (non-hydrogen) atoms. The van der Waals surface area contributed by atoms with E-state index in [0.717, 1.165) is 13.1 Å². The van der Waals surface area contributed by atoms with Gasteiger partial charge in [0, 0.05) is 31.1 Å². The number of aromatic nitrogens is 6. The maximum atomic E-state index is 14.2. The Hall–Kier alpha value is -3.27. The lowest BCUT2D eigenvalue weighted by atomic mass is 10.2. The van der Waals surface area contributed by atoms with Gasteiger partial charge in [0.2, 0.25) is 5.89 Å². The number of nitrogens with zero attached hydrogens (tertiary/aromatic N) is 7. The number of piperidine rings is 1. The fourth-order valence-electron chi connectivity index (χ4n) is 4.64. The molecule has 1 aliphatic carbocycles. The van der Waals surface area contributed by atoms with Gasteiger partial charge in [0.15, 0.2) is 17.0 Å². The molecule has 0 N–H and O–H groups in total. The van der Waals surface area contributed by atoms with Crippen LogP contribution < -0.4 is 10.5 Å². The maximum Gasteiger partial charge on any atom is 0.280 e. The lowest BCUT2D eigenvalue weighted by molar-refractivity contribution is 0.363. The number of rotatable bonds is 4. The van der Waals surface area contributed by atoms with Gasteiger partial charge in [-0.3, -0.25) is 9.36 Å². The Morgan fingerprint density at radius 2 is 2.00 bits per heavy atom. The van der Waals surface area contributed by atoms with E-state index in [1.165, 1.54) is 17.0 Å². The molecular weight excluding hydrogens is 425 g/mol. The van der Waals surface area contributed by atoms with Gasteiger partial charge in [-0.1, -0.05) is 16.8 Å². The number of fused-ring (bicyclic) bond motifs is 2. The number of imidazole rings is 1. The predicted molar refractivity (Wildman–Crippen MR) is 110 cm³/mol. The van der Waals surface area contributed by atoms with Crippen LogP contribution >= 0.6 is 11.6 Å². The first-order valence-corrected chi connectivity index (χ1v) is 10.3. The zero-order valence-corrected chi connectivity index (χ0v) is 17.2. The average molecular weight is 442 g/mol. The minimum atomic E-state index is -0.309. The van der Waals surface area contributed by atoms with Gasteiger partial charge in [-0.25, -0.2) is 14.4 Å². The van der Waals surface area contributed by atoms with Crippen molar-refractivity contribution in [3.05, 3.63) is 63.8 Å². The first-order chi connectivity index (χ1) is 15.0. The van der Waals surface area contributed by atoms with Crippen LogP contribution in [-0.4, -0.2) is 42.3 Å². The molecule has 6 rings (SSSR count). The summed E-state index contributed by atoms with van der Waals surface area (Å²) >= 11 is 5.85. The number of hydrogen-bond donors (Lipinski definition) is 0. The number of halogens is 2. The molecule has 4 aromatic rings. The summed E-state index contributed by atoms with van der Waals surface area (Å²) in [7, 11) is 1.75. The van der Waals surface area contributed by atoms with E-state index in [4.69, 9.17) is 16.1 Å². The highest BCUT2D eigenvalue weighted by Gasteiger charge is 2.58. The van der Waals surface area contributed by atoms with Gasteiger partial charge < -0.3 is 14.0 Å². The van der Waals surface area contributed by atoms with Gasteiger partial charge in [-0.2, -0.15) is 4.98 Å². The van der Waals surface area contributed by atoms with Crippen molar-refractivity contribution in [2.45, 2.75) is 12.5 Å². The first-order valence-electron chi connectivity index (χ1n) is 9.88. The Kier molecular flexibility index (Phi) is 3.95. The Labute approximate surface area is 180 Å². The second-order valence-electron chi connectivity index (χ2n) is 8.11. The Morgan fingerprint density at radius 3 is 2.77 bits per heavy atom. The topological polar surface area (TPSA) is 94.9 Å². The molecule has 1 aromatic carbocycles. The minimum absolute atomic E-state index is 0.143. The van der Waals surface area contributed by atoms with Crippen LogP contribution in [0, 0.1) is 17.7 Å². The second-order valence-corrected chi connectivity index (χ2v) is 8.54. The van der Waals surface area contributed by atoms with Crippen molar-refractivity contribution in [1.29, 1.82) is 0 Å². The third-order valence-electron chi connectivity index (χ3n) is 6.23. The monoisotopic (exact) mass is 441 g/mol. The van der Waals surface area contributed by atoms with Crippen LogP contribution in [0.25, 0.3) is 11.2 Å². The Bertz CT molecular complexity index is 1370. The molecule has 0 amide bonds. The molecule has 2 fully saturated rings. The molecule has 158 valence electrons. The maximum absolute atomic E-state index is 14.2. The lowest BCUT2D eigenvalue weighted by Crippen LogP contribution is -2.24. The van der Waals surface area contributed by atoms with Gasteiger partial charge in [0.05, 0.1) is 12.0 Å². The summed E-state index contributed by atoms with van der Waals surface area (Å²) in [6.45, 7) is 1.61. The fourth-order valence-corrected chi connectivity index (χ4v) is 4.80. The van der Waals surface area contributed by atoms with Gasteiger partial charge in [-0.05, 0) is 30.0 Å². The summed E-state index contributed by atoms with van der Waals surface area (Å²) in [6.07, 6.45) is 2.99. The highest BCUT2D eigenvalue weighted by molar-refractivity contribution is 6.30. The fraction of sp³-hybridized carbons (Fsp3) is 0.350. The van der Waals surface area contributed by atoms with Crippen molar-refractivity contribution in [2.24, 2.45) is 18.9 Å². The number of anilines is 1. The molecule has 0 radical (unpaired) electrons.